The second-order valence-corrected chi connectivity index (χ2v) is 13.2. The smallest absolute Gasteiger partial charge is 0.249 e. The number of carbonyl (C=O) groups excluding carboxylic acids is 2. The van der Waals surface area contributed by atoms with Gasteiger partial charge in [0.25, 0.3) is 0 Å². The third-order valence-corrected chi connectivity index (χ3v) is 9.43. The molecule has 0 saturated carbocycles. The van der Waals surface area contributed by atoms with Gasteiger partial charge < -0.3 is 34.6 Å². The fraction of sp³-hybridized carbons (Fsp3) is 0.263. The van der Waals surface area contributed by atoms with Crippen molar-refractivity contribution in [1.82, 2.24) is 20.6 Å². The predicted octanol–water partition coefficient (Wildman–Crippen LogP) is 5.40. The van der Waals surface area contributed by atoms with E-state index in [4.69, 9.17) is 18.6 Å². The number of ether oxygens (including phenoxy) is 1. The van der Waals surface area contributed by atoms with Gasteiger partial charge in [-0.1, -0.05) is 74.5 Å². The molecule has 8 rings (SSSR count). The van der Waals surface area contributed by atoms with Gasteiger partial charge in [0.05, 0.1) is 6.20 Å². The van der Waals surface area contributed by atoms with Crippen LogP contribution in [0.25, 0.3) is 28.6 Å². The number of nitrogens with one attached hydrogen (secondary N) is 3. The Kier molecular flexibility index (Phi) is 7.18. The molecule has 0 radical (unpaired) electrons. The van der Waals surface area contributed by atoms with E-state index in [1.165, 1.54) is 0 Å². The Hall–Kier alpha value is -5.68. The summed E-state index contributed by atoms with van der Waals surface area (Å²) in [6, 6.07) is 22.3. The number of aliphatic hydroxyl groups is 1. The SMILES string of the molecule is CC(C)=C1NC(=O)[C@@H](NC(=O)[C@@H](O)C(C)C)Cc2ccc3c(c2)C2(c4ccccc4NC2O3)c2oc1nc2-c1ncc(-c2ccccc2)o1. The lowest BCUT2D eigenvalue weighted by atomic mass is 9.72. The van der Waals surface area contributed by atoms with E-state index in [0.29, 0.717) is 28.7 Å². The first-order valence-electron chi connectivity index (χ1n) is 16.3. The number of amides is 2. The van der Waals surface area contributed by atoms with Gasteiger partial charge in [0.2, 0.25) is 23.6 Å². The molecule has 4 atom stereocenters. The van der Waals surface area contributed by atoms with Crippen LogP contribution in [0.5, 0.6) is 5.75 Å². The van der Waals surface area contributed by atoms with Gasteiger partial charge in [0, 0.05) is 23.2 Å². The number of para-hydroxylation sites is 1. The van der Waals surface area contributed by atoms with Gasteiger partial charge in [-0.3, -0.25) is 9.59 Å². The molecule has 248 valence electrons. The van der Waals surface area contributed by atoms with Crippen LogP contribution in [0, 0.1) is 5.92 Å². The van der Waals surface area contributed by atoms with E-state index in [-0.39, 0.29) is 24.1 Å². The van der Waals surface area contributed by atoms with Crippen LogP contribution >= 0.6 is 0 Å². The molecule has 49 heavy (non-hydrogen) atoms. The zero-order chi connectivity index (χ0) is 34.0. The first kappa shape index (κ1) is 30.6. The Labute approximate surface area is 282 Å². The number of fused-ring (bicyclic) bond motifs is 4. The lowest BCUT2D eigenvalue weighted by molar-refractivity contribution is -0.135. The van der Waals surface area contributed by atoms with Gasteiger partial charge in [-0.2, -0.15) is 0 Å². The van der Waals surface area contributed by atoms with Crippen molar-refractivity contribution in [2.24, 2.45) is 5.92 Å². The number of hydrogen-bond donors (Lipinski definition) is 4. The number of anilines is 1. The van der Waals surface area contributed by atoms with Crippen LogP contribution < -0.4 is 20.7 Å². The third-order valence-electron chi connectivity index (χ3n) is 9.43. The molecule has 2 unspecified atom stereocenters. The Morgan fingerprint density at radius 2 is 1.78 bits per heavy atom. The van der Waals surface area contributed by atoms with Crippen molar-refractivity contribution in [1.29, 1.82) is 0 Å². The molecule has 5 aromatic rings. The quantitative estimate of drug-likeness (QED) is 0.195. The minimum atomic E-state index is -1.28. The normalized spacial score (nSPS) is 21.0. The minimum Gasteiger partial charge on any atom is -0.469 e. The highest BCUT2D eigenvalue weighted by Crippen LogP contribution is 2.59. The number of rotatable bonds is 5. The summed E-state index contributed by atoms with van der Waals surface area (Å²) < 4.78 is 19.8. The van der Waals surface area contributed by atoms with Gasteiger partial charge in [0.1, 0.15) is 29.0 Å². The molecule has 0 saturated heterocycles. The van der Waals surface area contributed by atoms with Crippen LogP contribution in [0.1, 0.15) is 56.0 Å². The van der Waals surface area contributed by atoms with Crippen molar-refractivity contribution < 1.29 is 28.3 Å². The van der Waals surface area contributed by atoms with Crippen molar-refractivity contribution in [3.05, 3.63) is 113 Å². The van der Waals surface area contributed by atoms with Crippen molar-refractivity contribution in [2.45, 2.75) is 57.9 Å². The van der Waals surface area contributed by atoms with Crippen LogP contribution in [0.3, 0.4) is 0 Å². The van der Waals surface area contributed by atoms with Crippen LogP contribution in [-0.2, 0) is 21.4 Å². The first-order chi connectivity index (χ1) is 23.6. The molecule has 1 spiro atoms. The fourth-order valence-electron chi connectivity index (χ4n) is 6.92. The van der Waals surface area contributed by atoms with E-state index >= 15 is 0 Å². The summed E-state index contributed by atoms with van der Waals surface area (Å²) in [7, 11) is 0. The topological polar surface area (TPSA) is 152 Å². The largest absolute Gasteiger partial charge is 0.469 e. The number of aliphatic hydroxyl groups excluding tert-OH is 1. The molecule has 4 bridgehead atoms. The summed E-state index contributed by atoms with van der Waals surface area (Å²) in [5.41, 5.74) is 4.61. The van der Waals surface area contributed by atoms with Gasteiger partial charge in [-0.15, -0.1) is 0 Å². The van der Waals surface area contributed by atoms with E-state index in [1.807, 2.05) is 86.6 Å². The molecule has 2 aromatic heterocycles. The lowest BCUT2D eigenvalue weighted by Crippen LogP contribution is -2.51. The molecule has 3 aromatic carbocycles. The number of hydrogen-bond acceptors (Lipinski definition) is 9. The van der Waals surface area contributed by atoms with Crippen LogP contribution in [0.15, 0.2) is 93.4 Å². The molecule has 5 heterocycles. The van der Waals surface area contributed by atoms with Gasteiger partial charge >= 0.3 is 0 Å². The number of benzene rings is 3. The number of aromatic nitrogens is 2. The zero-order valence-electron chi connectivity index (χ0n) is 27.4. The van der Waals surface area contributed by atoms with E-state index < -0.39 is 35.6 Å². The zero-order valence-corrected chi connectivity index (χ0v) is 27.4. The minimum absolute atomic E-state index is 0.146. The number of allylic oxidation sites excluding steroid dienone is 1. The molecule has 3 aliphatic rings. The first-order valence-corrected chi connectivity index (χ1v) is 16.3. The van der Waals surface area contributed by atoms with Crippen molar-refractivity contribution >= 4 is 23.2 Å². The summed E-state index contributed by atoms with van der Waals surface area (Å²) in [6.45, 7) is 7.16. The molecular formula is C38H35N5O6. The summed E-state index contributed by atoms with van der Waals surface area (Å²) in [5.74, 6) is 0.579. The molecular weight excluding hydrogens is 622 g/mol. The second-order valence-electron chi connectivity index (χ2n) is 13.2. The number of carbonyl (C=O) groups is 2. The third kappa shape index (κ3) is 4.83. The number of nitrogens with zero attached hydrogens (tertiary/aromatic N) is 2. The highest BCUT2D eigenvalue weighted by Gasteiger charge is 2.61. The van der Waals surface area contributed by atoms with E-state index in [0.717, 1.165) is 33.5 Å². The average Bonchev–Trinajstić information content (AvgIpc) is 3.87. The summed E-state index contributed by atoms with van der Waals surface area (Å²) in [4.78, 5) is 36.8. The van der Waals surface area contributed by atoms with Crippen molar-refractivity contribution in [2.75, 3.05) is 5.32 Å². The molecule has 4 N–H and O–H groups in total. The second kappa shape index (κ2) is 11.5. The average molecular weight is 658 g/mol. The Morgan fingerprint density at radius 1 is 1.00 bits per heavy atom. The highest BCUT2D eigenvalue weighted by atomic mass is 16.5. The van der Waals surface area contributed by atoms with E-state index in [2.05, 4.69) is 20.9 Å². The molecule has 0 fully saturated rings. The van der Waals surface area contributed by atoms with Gasteiger partial charge in [0.15, 0.2) is 23.4 Å². The van der Waals surface area contributed by atoms with Crippen LogP contribution in [0.2, 0.25) is 0 Å². The summed E-state index contributed by atoms with van der Waals surface area (Å²) in [6.07, 6.45) is -0.0789. The summed E-state index contributed by atoms with van der Waals surface area (Å²) in [5, 5.41) is 19.9. The fourth-order valence-corrected chi connectivity index (χ4v) is 6.92. The van der Waals surface area contributed by atoms with Gasteiger partial charge in [-0.05, 0) is 48.6 Å². The van der Waals surface area contributed by atoms with E-state index in [9.17, 15) is 14.7 Å². The number of oxazole rings is 2. The van der Waals surface area contributed by atoms with Gasteiger partial charge in [-0.25, -0.2) is 9.97 Å². The van der Waals surface area contributed by atoms with Crippen LogP contribution in [-0.4, -0.2) is 45.3 Å². The van der Waals surface area contributed by atoms with Crippen LogP contribution in [0.4, 0.5) is 5.69 Å². The monoisotopic (exact) mass is 657 g/mol. The van der Waals surface area contributed by atoms with Crippen molar-refractivity contribution in [3.8, 4) is 28.7 Å². The predicted molar refractivity (Wildman–Crippen MR) is 181 cm³/mol. The molecule has 0 aliphatic carbocycles. The summed E-state index contributed by atoms with van der Waals surface area (Å²) >= 11 is 0. The Morgan fingerprint density at radius 3 is 2.55 bits per heavy atom. The lowest BCUT2D eigenvalue weighted by Gasteiger charge is -2.28. The maximum absolute atomic E-state index is 14.0. The molecule has 11 heteroatoms. The molecule has 2 amide bonds. The highest BCUT2D eigenvalue weighted by molar-refractivity contribution is 5.94. The molecule has 11 nitrogen and oxygen atoms in total. The van der Waals surface area contributed by atoms with Crippen molar-refractivity contribution in [3.63, 3.8) is 0 Å². The Bertz CT molecular complexity index is 2150. The maximum atomic E-state index is 14.0. The maximum Gasteiger partial charge on any atom is 0.249 e. The molecule has 3 aliphatic heterocycles. The van der Waals surface area contributed by atoms with E-state index in [1.54, 1.807) is 20.0 Å². The Balaban J connectivity index is 1.37. The standard InChI is InChI=1S/C38H35N5O6/c1-19(2)29-36-43-30(35-39-18-28(47-35)22-10-6-5-7-11-22)32(49-36)38-23-12-8-9-13-25(23)41-37(38)48-27-15-14-21(16-24(27)38)17-26(33(45)42-29)40-34(46)31(44)20(3)4/h5-16,18,20,26,31,37,41,44H,17H2,1-4H3,(H,40,46)(H,42,45)/t26-,31-,37?,38?/m0/s1.